The Morgan fingerprint density at radius 1 is 1.42 bits per heavy atom. The van der Waals surface area contributed by atoms with Crippen LogP contribution in [0.3, 0.4) is 0 Å². The molecular weight excluding hydrogens is 329 g/mol. The van der Waals surface area contributed by atoms with Crippen LogP contribution in [0.4, 0.5) is 13.2 Å². The fraction of sp³-hybridized carbons (Fsp3) is 0.600. The lowest BCUT2D eigenvalue weighted by molar-refractivity contribution is -0.192. The van der Waals surface area contributed by atoms with Gasteiger partial charge in [0.15, 0.2) is 0 Å². The van der Waals surface area contributed by atoms with Crippen molar-refractivity contribution in [2.45, 2.75) is 31.0 Å². The van der Waals surface area contributed by atoms with Crippen molar-refractivity contribution in [1.82, 2.24) is 10.3 Å². The molecule has 6 nitrogen and oxygen atoms in total. The van der Waals surface area contributed by atoms with E-state index in [2.05, 4.69) is 16.4 Å². The van der Waals surface area contributed by atoms with Crippen molar-refractivity contribution < 1.29 is 32.9 Å². The van der Waals surface area contributed by atoms with Gasteiger partial charge in [0.1, 0.15) is 12.4 Å². The van der Waals surface area contributed by atoms with E-state index in [4.69, 9.17) is 19.7 Å². The van der Waals surface area contributed by atoms with Gasteiger partial charge in [0.2, 0.25) is 0 Å². The number of nitrogens with zero attached hydrogens (tertiary/aromatic N) is 1. The Kier molecular flexibility index (Phi) is 6.00. The minimum Gasteiger partial charge on any atom is -0.490 e. The van der Waals surface area contributed by atoms with E-state index in [0.29, 0.717) is 17.9 Å². The van der Waals surface area contributed by atoms with Gasteiger partial charge < -0.3 is 20.3 Å². The summed E-state index contributed by atoms with van der Waals surface area (Å²) in [7, 11) is 0. The second kappa shape index (κ2) is 7.80. The van der Waals surface area contributed by atoms with Crippen molar-refractivity contribution >= 4 is 5.97 Å². The number of hydrogen-bond acceptors (Lipinski definition) is 5. The maximum absolute atomic E-state index is 10.6. The zero-order chi connectivity index (χ0) is 17.7. The third-order valence-corrected chi connectivity index (χ3v) is 3.94. The van der Waals surface area contributed by atoms with Gasteiger partial charge in [0, 0.05) is 18.8 Å². The van der Waals surface area contributed by atoms with Crippen LogP contribution >= 0.6 is 0 Å². The van der Waals surface area contributed by atoms with Crippen LogP contribution in [-0.4, -0.2) is 53.1 Å². The predicted octanol–water partition coefficient (Wildman–Crippen LogP) is 1.55. The monoisotopic (exact) mass is 348 g/mol. The standard InChI is InChI=1S/C13H18N2O2.C2HF3O2/c16-7-10-4-13(10)9-3-12(6-14-5-9)17-8-11-1-2-15-11;3-2(4,5)1(6)7/h3,5-6,10-11,13,15-16H,1-2,4,7-8H2;(H,6,7)/t10-,11+,13-;/m1./s1. The van der Waals surface area contributed by atoms with E-state index < -0.39 is 12.1 Å². The second-order valence-corrected chi connectivity index (χ2v) is 5.79. The number of aliphatic carboxylic acids is 1. The first-order chi connectivity index (χ1) is 11.3. The average molecular weight is 348 g/mol. The highest BCUT2D eigenvalue weighted by molar-refractivity contribution is 5.73. The van der Waals surface area contributed by atoms with E-state index in [1.54, 1.807) is 6.20 Å². The molecule has 0 unspecified atom stereocenters. The summed E-state index contributed by atoms with van der Waals surface area (Å²) in [5.74, 6) is -0.995. The van der Waals surface area contributed by atoms with Crippen LogP contribution in [-0.2, 0) is 4.79 Å². The lowest BCUT2D eigenvalue weighted by Crippen LogP contribution is -2.46. The van der Waals surface area contributed by atoms with Gasteiger partial charge in [-0.1, -0.05) is 0 Å². The molecule has 3 rings (SSSR count). The highest BCUT2D eigenvalue weighted by atomic mass is 19.4. The zero-order valence-electron chi connectivity index (χ0n) is 12.8. The topological polar surface area (TPSA) is 91.7 Å². The molecule has 2 aliphatic rings. The molecule has 134 valence electrons. The molecule has 1 saturated carbocycles. The minimum absolute atomic E-state index is 0.280. The van der Waals surface area contributed by atoms with Crippen molar-refractivity contribution in [3.8, 4) is 5.75 Å². The Morgan fingerprint density at radius 2 is 2.08 bits per heavy atom. The Balaban J connectivity index is 0.000000256. The summed E-state index contributed by atoms with van der Waals surface area (Å²) in [5.41, 5.74) is 1.20. The number of aliphatic hydroxyl groups is 1. The maximum atomic E-state index is 10.6. The molecule has 0 amide bonds. The largest absolute Gasteiger partial charge is 0.490 e. The van der Waals surface area contributed by atoms with E-state index in [1.807, 2.05) is 6.20 Å². The van der Waals surface area contributed by atoms with Crippen molar-refractivity contribution in [3.63, 3.8) is 0 Å². The molecule has 1 saturated heterocycles. The molecule has 24 heavy (non-hydrogen) atoms. The van der Waals surface area contributed by atoms with Crippen LogP contribution in [0.5, 0.6) is 5.75 Å². The number of hydrogen-bond donors (Lipinski definition) is 3. The summed E-state index contributed by atoms with van der Waals surface area (Å²) in [6.45, 7) is 2.10. The summed E-state index contributed by atoms with van der Waals surface area (Å²) >= 11 is 0. The van der Waals surface area contributed by atoms with Crippen LogP contribution < -0.4 is 10.1 Å². The van der Waals surface area contributed by atoms with E-state index in [-0.39, 0.29) is 6.61 Å². The van der Waals surface area contributed by atoms with Gasteiger partial charge >= 0.3 is 12.1 Å². The third-order valence-electron chi connectivity index (χ3n) is 3.94. The molecule has 0 radical (unpaired) electrons. The number of carboxylic acid groups (broad SMARTS) is 1. The van der Waals surface area contributed by atoms with Crippen LogP contribution in [0.15, 0.2) is 18.5 Å². The number of pyridine rings is 1. The molecule has 0 aromatic carbocycles. The second-order valence-electron chi connectivity index (χ2n) is 5.79. The van der Waals surface area contributed by atoms with Crippen LogP contribution in [0.1, 0.15) is 24.3 Å². The number of alkyl halides is 3. The van der Waals surface area contributed by atoms with Crippen molar-refractivity contribution in [2.24, 2.45) is 5.92 Å². The van der Waals surface area contributed by atoms with E-state index in [1.165, 1.54) is 12.0 Å². The van der Waals surface area contributed by atoms with Gasteiger partial charge in [-0.25, -0.2) is 4.79 Å². The van der Waals surface area contributed by atoms with Gasteiger partial charge in [0.05, 0.1) is 6.20 Å². The zero-order valence-corrected chi connectivity index (χ0v) is 12.8. The minimum atomic E-state index is -5.08. The van der Waals surface area contributed by atoms with Gasteiger partial charge in [-0.3, -0.25) is 4.98 Å². The fourth-order valence-corrected chi connectivity index (χ4v) is 2.26. The molecular formula is C15H19F3N2O4. The predicted molar refractivity (Wildman–Crippen MR) is 77.8 cm³/mol. The van der Waals surface area contributed by atoms with Crippen molar-refractivity contribution in [1.29, 1.82) is 0 Å². The molecule has 2 heterocycles. The number of carboxylic acids is 1. The van der Waals surface area contributed by atoms with Gasteiger partial charge in [0.25, 0.3) is 0 Å². The summed E-state index contributed by atoms with van der Waals surface area (Å²) in [6.07, 6.45) is 0.835. The molecule has 1 aromatic rings. The highest BCUT2D eigenvalue weighted by Gasteiger charge is 2.38. The molecule has 1 aromatic heterocycles. The molecule has 9 heteroatoms. The third kappa shape index (κ3) is 5.34. The Hall–Kier alpha value is -1.87. The Morgan fingerprint density at radius 3 is 2.54 bits per heavy atom. The van der Waals surface area contributed by atoms with E-state index in [9.17, 15) is 13.2 Å². The normalized spacial score (nSPS) is 25.1. The lowest BCUT2D eigenvalue weighted by Gasteiger charge is -2.27. The van der Waals surface area contributed by atoms with E-state index >= 15 is 0 Å². The molecule has 3 N–H and O–H groups in total. The smallest absolute Gasteiger partial charge is 0.490 e. The van der Waals surface area contributed by atoms with Gasteiger partial charge in [-0.2, -0.15) is 13.2 Å². The maximum Gasteiger partial charge on any atom is 0.490 e. The first-order valence-electron chi connectivity index (χ1n) is 7.53. The Bertz CT molecular complexity index is 564. The number of rotatable bonds is 5. The molecule has 0 spiro atoms. The fourth-order valence-electron chi connectivity index (χ4n) is 2.26. The molecule has 0 bridgehead atoms. The van der Waals surface area contributed by atoms with Crippen molar-refractivity contribution in [2.75, 3.05) is 19.8 Å². The van der Waals surface area contributed by atoms with Crippen molar-refractivity contribution in [3.05, 3.63) is 24.0 Å². The Labute approximate surface area is 136 Å². The summed E-state index contributed by atoms with van der Waals surface area (Å²) in [4.78, 5) is 13.1. The summed E-state index contributed by atoms with van der Waals surface area (Å²) in [6, 6.07) is 2.57. The average Bonchev–Trinajstić information content (AvgIpc) is 3.25. The molecule has 1 aliphatic carbocycles. The number of aromatic nitrogens is 1. The van der Waals surface area contributed by atoms with E-state index in [0.717, 1.165) is 25.3 Å². The highest BCUT2D eigenvalue weighted by Crippen LogP contribution is 2.47. The molecule has 1 aliphatic heterocycles. The van der Waals surface area contributed by atoms with Crippen LogP contribution in [0.25, 0.3) is 0 Å². The number of halogens is 3. The molecule has 2 fully saturated rings. The first-order valence-corrected chi connectivity index (χ1v) is 7.53. The number of ether oxygens (including phenoxy) is 1. The van der Waals surface area contributed by atoms with Crippen LogP contribution in [0, 0.1) is 5.92 Å². The number of aliphatic hydroxyl groups excluding tert-OH is 1. The quantitative estimate of drug-likeness (QED) is 0.748. The van der Waals surface area contributed by atoms with Gasteiger partial charge in [-0.15, -0.1) is 0 Å². The van der Waals surface area contributed by atoms with Gasteiger partial charge in [-0.05, 0) is 42.9 Å². The van der Waals surface area contributed by atoms with Crippen LogP contribution in [0.2, 0.25) is 0 Å². The lowest BCUT2D eigenvalue weighted by atomic mass is 10.1. The summed E-state index contributed by atoms with van der Waals surface area (Å²) in [5, 5.41) is 19.5. The molecule has 3 atom stereocenters. The number of nitrogens with one attached hydrogen (secondary N) is 1. The first kappa shape index (κ1) is 18.5. The summed E-state index contributed by atoms with van der Waals surface area (Å²) < 4.78 is 37.4. The SMILES string of the molecule is O=C(O)C(F)(F)F.OC[C@H]1C[C@@H]1c1cncc(OC[C@@H]2CCN2)c1. The number of carbonyl (C=O) groups is 1.